The lowest BCUT2D eigenvalue weighted by Crippen LogP contribution is -2.52. The maximum Gasteiger partial charge on any atom is 0.256 e. The Morgan fingerprint density at radius 3 is 2.36 bits per heavy atom. The molecule has 1 saturated carbocycles. The van der Waals surface area contributed by atoms with Crippen molar-refractivity contribution in [2.45, 2.75) is 69.1 Å². The van der Waals surface area contributed by atoms with Gasteiger partial charge in [0.1, 0.15) is 5.69 Å². The fourth-order valence-corrected chi connectivity index (χ4v) is 5.71. The summed E-state index contributed by atoms with van der Waals surface area (Å²) in [5, 5.41) is 8.09. The summed E-state index contributed by atoms with van der Waals surface area (Å²) in [4.78, 5) is 11.4. The summed E-state index contributed by atoms with van der Waals surface area (Å²) in [6.45, 7) is 3.03. The van der Waals surface area contributed by atoms with Gasteiger partial charge < -0.3 is 19.5 Å². The molecule has 2 bridgehead atoms. The SMILES string of the molecule is COCCCOc1nn([C@H]2CC[C@H](N3[C@@H]4CC[C@H]3COC4)CC2)cc1Nc1ncc(Br)cn1. The summed E-state index contributed by atoms with van der Waals surface area (Å²) < 4.78 is 19.8. The maximum absolute atomic E-state index is 6.00. The van der Waals surface area contributed by atoms with Crippen LogP contribution in [0.1, 0.15) is 51.0 Å². The van der Waals surface area contributed by atoms with E-state index in [2.05, 4.69) is 40.8 Å². The molecule has 10 heteroatoms. The molecule has 0 unspecified atom stereocenters. The van der Waals surface area contributed by atoms with E-state index < -0.39 is 0 Å². The van der Waals surface area contributed by atoms with Crippen molar-refractivity contribution in [3.8, 4) is 5.88 Å². The van der Waals surface area contributed by atoms with Crippen molar-refractivity contribution in [1.29, 1.82) is 0 Å². The zero-order valence-electron chi connectivity index (χ0n) is 19.2. The monoisotopic (exact) mass is 520 g/mol. The molecule has 0 radical (unpaired) electrons. The number of ether oxygens (including phenoxy) is 3. The lowest BCUT2D eigenvalue weighted by atomic mass is 9.89. The molecule has 1 aliphatic carbocycles. The first-order valence-corrected chi connectivity index (χ1v) is 12.8. The van der Waals surface area contributed by atoms with Crippen LogP contribution in [0.4, 0.5) is 11.6 Å². The molecule has 0 aromatic carbocycles. The first-order chi connectivity index (χ1) is 16.2. The highest BCUT2D eigenvalue weighted by atomic mass is 79.9. The Labute approximate surface area is 203 Å². The van der Waals surface area contributed by atoms with Gasteiger partial charge in [0, 0.05) is 50.7 Å². The number of hydrogen-bond acceptors (Lipinski definition) is 8. The molecular weight excluding hydrogens is 488 g/mol. The van der Waals surface area contributed by atoms with Gasteiger partial charge >= 0.3 is 0 Å². The molecule has 2 aliphatic heterocycles. The standard InChI is InChI=1S/C23H33BrN6O3/c1-31-9-2-10-33-22-21(27-23-25-11-16(24)12-26-23)13-29(28-22)17-3-5-18(6-4-17)30-19-7-8-20(30)15-32-14-19/h11-13,17-20H,2-10,14-15H2,1H3,(H,25,26,27)/t17-,18-,19-,20+. The quantitative estimate of drug-likeness (QED) is 0.497. The van der Waals surface area contributed by atoms with Crippen molar-refractivity contribution < 1.29 is 14.2 Å². The van der Waals surface area contributed by atoms with Crippen LogP contribution in [0.25, 0.3) is 0 Å². The molecule has 0 spiro atoms. The molecule has 3 aliphatic rings. The molecule has 33 heavy (non-hydrogen) atoms. The number of nitrogens with zero attached hydrogens (tertiary/aromatic N) is 5. The minimum absolute atomic E-state index is 0.377. The number of halogens is 1. The van der Waals surface area contributed by atoms with Gasteiger partial charge in [0.05, 0.1) is 36.5 Å². The molecule has 2 atom stereocenters. The van der Waals surface area contributed by atoms with Crippen molar-refractivity contribution in [2.75, 3.05) is 38.9 Å². The van der Waals surface area contributed by atoms with Crippen LogP contribution in [0.3, 0.4) is 0 Å². The van der Waals surface area contributed by atoms with Crippen molar-refractivity contribution in [3.63, 3.8) is 0 Å². The van der Waals surface area contributed by atoms with Gasteiger partial charge in [-0.15, -0.1) is 5.10 Å². The first kappa shape index (κ1) is 23.0. The molecule has 9 nitrogen and oxygen atoms in total. The zero-order chi connectivity index (χ0) is 22.6. The van der Waals surface area contributed by atoms with Crippen LogP contribution >= 0.6 is 15.9 Å². The molecule has 1 N–H and O–H groups in total. The largest absolute Gasteiger partial charge is 0.475 e. The number of nitrogens with one attached hydrogen (secondary N) is 1. The van der Waals surface area contributed by atoms with Crippen LogP contribution in [0.15, 0.2) is 23.1 Å². The first-order valence-electron chi connectivity index (χ1n) is 12.0. The van der Waals surface area contributed by atoms with E-state index in [0.29, 0.717) is 49.2 Å². The number of hydrogen-bond donors (Lipinski definition) is 1. The zero-order valence-corrected chi connectivity index (χ0v) is 20.7. The van der Waals surface area contributed by atoms with Crippen LogP contribution in [-0.2, 0) is 9.47 Å². The Hall–Kier alpha value is -1.75. The molecule has 2 aromatic heterocycles. The van der Waals surface area contributed by atoms with Crippen molar-refractivity contribution in [2.24, 2.45) is 0 Å². The highest BCUT2D eigenvalue weighted by molar-refractivity contribution is 9.10. The maximum atomic E-state index is 6.00. The Bertz CT molecular complexity index is 886. The number of aromatic nitrogens is 4. The van der Waals surface area contributed by atoms with E-state index >= 15 is 0 Å². The van der Waals surface area contributed by atoms with Crippen LogP contribution in [0.5, 0.6) is 5.88 Å². The molecular formula is C23H33BrN6O3. The summed E-state index contributed by atoms with van der Waals surface area (Å²) in [6.07, 6.45) is 13.5. The topological polar surface area (TPSA) is 86.6 Å². The van der Waals surface area contributed by atoms with E-state index in [1.54, 1.807) is 19.5 Å². The van der Waals surface area contributed by atoms with Gasteiger partial charge in [0.2, 0.25) is 5.95 Å². The highest BCUT2D eigenvalue weighted by Gasteiger charge is 2.42. The van der Waals surface area contributed by atoms with E-state index in [-0.39, 0.29) is 0 Å². The normalized spacial score (nSPS) is 27.6. The fraction of sp³-hybridized carbons (Fsp3) is 0.696. The third-order valence-corrected chi connectivity index (χ3v) is 7.46. The third-order valence-electron chi connectivity index (χ3n) is 7.06. The molecule has 0 amide bonds. The summed E-state index contributed by atoms with van der Waals surface area (Å²) >= 11 is 3.38. The van der Waals surface area contributed by atoms with Gasteiger partial charge in [-0.3, -0.25) is 9.58 Å². The minimum atomic E-state index is 0.377. The van der Waals surface area contributed by atoms with E-state index in [4.69, 9.17) is 19.3 Å². The van der Waals surface area contributed by atoms with E-state index in [9.17, 15) is 0 Å². The molecule has 180 valence electrons. The number of morpholine rings is 1. The molecule has 2 saturated heterocycles. The van der Waals surface area contributed by atoms with Crippen LogP contribution in [-0.4, -0.2) is 76.3 Å². The Morgan fingerprint density at radius 2 is 1.67 bits per heavy atom. The van der Waals surface area contributed by atoms with Gasteiger partial charge in [-0.05, 0) is 54.5 Å². The van der Waals surface area contributed by atoms with Gasteiger partial charge in [-0.25, -0.2) is 9.97 Å². The number of fused-ring (bicyclic) bond motifs is 2. The summed E-state index contributed by atoms with van der Waals surface area (Å²) in [7, 11) is 1.70. The summed E-state index contributed by atoms with van der Waals surface area (Å²) in [5.41, 5.74) is 0.795. The van der Waals surface area contributed by atoms with Crippen molar-refractivity contribution in [1.82, 2.24) is 24.6 Å². The predicted molar refractivity (Wildman–Crippen MR) is 128 cm³/mol. The highest BCUT2D eigenvalue weighted by Crippen LogP contribution is 2.39. The predicted octanol–water partition coefficient (Wildman–Crippen LogP) is 3.94. The lowest BCUT2D eigenvalue weighted by Gasteiger charge is -2.43. The second-order valence-electron chi connectivity index (χ2n) is 9.20. The van der Waals surface area contributed by atoms with E-state index in [0.717, 1.165) is 42.6 Å². The number of methoxy groups -OCH3 is 1. The second-order valence-corrected chi connectivity index (χ2v) is 10.1. The van der Waals surface area contributed by atoms with Gasteiger partial charge in [0.25, 0.3) is 5.88 Å². The number of rotatable bonds is 9. The molecule has 2 aromatic rings. The van der Waals surface area contributed by atoms with Crippen molar-refractivity contribution in [3.05, 3.63) is 23.1 Å². The van der Waals surface area contributed by atoms with E-state index in [1.807, 2.05) is 6.20 Å². The average molecular weight is 521 g/mol. The van der Waals surface area contributed by atoms with Gasteiger partial charge in [0.15, 0.2) is 0 Å². The van der Waals surface area contributed by atoms with Crippen LogP contribution in [0.2, 0.25) is 0 Å². The van der Waals surface area contributed by atoms with Crippen molar-refractivity contribution >= 4 is 27.6 Å². The van der Waals surface area contributed by atoms with Crippen LogP contribution in [0, 0.1) is 0 Å². The Balaban J connectivity index is 1.25. The molecule has 4 heterocycles. The van der Waals surface area contributed by atoms with Gasteiger partial charge in [-0.2, -0.15) is 0 Å². The Morgan fingerprint density at radius 1 is 1.00 bits per heavy atom. The average Bonchev–Trinajstić information content (AvgIpc) is 3.35. The van der Waals surface area contributed by atoms with Crippen LogP contribution < -0.4 is 10.1 Å². The second kappa shape index (κ2) is 10.7. The lowest BCUT2D eigenvalue weighted by molar-refractivity contribution is -0.0458. The minimum Gasteiger partial charge on any atom is -0.475 e. The van der Waals surface area contributed by atoms with Gasteiger partial charge in [-0.1, -0.05) is 0 Å². The van der Waals surface area contributed by atoms with E-state index in [1.165, 1.54) is 25.7 Å². The third kappa shape index (κ3) is 5.34. The fourth-order valence-electron chi connectivity index (χ4n) is 5.50. The molecule has 3 fully saturated rings. The Kier molecular flexibility index (Phi) is 7.44. The summed E-state index contributed by atoms with van der Waals surface area (Å²) in [5.74, 6) is 1.11. The number of anilines is 2. The molecule has 5 rings (SSSR count). The summed E-state index contributed by atoms with van der Waals surface area (Å²) in [6, 6.07) is 2.31. The smallest absolute Gasteiger partial charge is 0.256 e.